The quantitative estimate of drug-likeness (QED) is 0.667. The Balaban J connectivity index is 2.46. The minimum Gasteiger partial charge on any atom is -0.102 e. The summed E-state index contributed by atoms with van der Waals surface area (Å²) in [5, 5.41) is 0. The first-order chi connectivity index (χ1) is 6.74. The Hall–Kier alpha value is -1.04. The van der Waals surface area contributed by atoms with Gasteiger partial charge in [-0.15, -0.1) is 6.58 Å². The highest BCUT2D eigenvalue weighted by atomic mass is 14.3. The minimum absolute atomic E-state index is 0.820. The zero-order valence-electron chi connectivity index (χ0n) is 9.01. The predicted octanol–water partition coefficient (Wildman–Crippen LogP) is 4.00. The zero-order valence-corrected chi connectivity index (χ0v) is 9.01. The van der Waals surface area contributed by atoms with Crippen molar-refractivity contribution in [3.05, 3.63) is 53.5 Å². The molecule has 0 aliphatic heterocycles. The maximum atomic E-state index is 3.85. The van der Waals surface area contributed by atoms with Crippen LogP contribution in [0.15, 0.2) is 30.9 Å². The Labute approximate surface area is 86.7 Å². The second kappa shape index (κ2) is 3.61. The minimum atomic E-state index is 0.820. The van der Waals surface area contributed by atoms with Crippen molar-refractivity contribution in [2.75, 3.05) is 0 Å². The lowest BCUT2D eigenvalue weighted by Crippen LogP contribution is -1.98. The van der Waals surface area contributed by atoms with E-state index in [0.29, 0.717) is 0 Å². The predicted molar refractivity (Wildman–Crippen MR) is 61.4 cm³/mol. The third kappa shape index (κ3) is 1.61. The van der Waals surface area contributed by atoms with Crippen LogP contribution in [0.4, 0.5) is 0 Å². The maximum absolute atomic E-state index is 3.85. The number of aryl methyl sites for hydroxylation is 1. The summed E-state index contributed by atoms with van der Waals surface area (Å²) in [6.45, 7) is 8.21. The van der Waals surface area contributed by atoms with Gasteiger partial charge in [-0.3, -0.25) is 0 Å². The molecule has 14 heavy (non-hydrogen) atoms. The second-order valence-corrected chi connectivity index (χ2v) is 4.20. The molecular weight excluding hydrogens is 168 g/mol. The zero-order chi connectivity index (χ0) is 10.1. The van der Waals surface area contributed by atoms with Crippen LogP contribution < -0.4 is 0 Å². The molecular formula is C14H17. The number of allylic oxidation sites excluding steroid dienone is 1. The normalized spacial score (nSPS) is 15.9. The molecule has 0 bridgehead atoms. The molecule has 0 heteroatoms. The summed E-state index contributed by atoms with van der Waals surface area (Å²) in [7, 11) is 0. The van der Waals surface area contributed by atoms with Crippen LogP contribution in [0, 0.1) is 12.8 Å². The van der Waals surface area contributed by atoms with Crippen LogP contribution in [0.5, 0.6) is 0 Å². The molecule has 0 nitrogen and oxygen atoms in total. The Morgan fingerprint density at radius 2 is 2.14 bits per heavy atom. The van der Waals surface area contributed by atoms with Crippen molar-refractivity contribution in [3.63, 3.8) is 0 Å². The standard InChI is InChI=1S/C14H17/c1-4-10(2)13-7-5-6-11(3)14(13)12-8-9-12/h4-7,12H,1,8-9H2,2-3H3. The molecule has 0 amide bonds. The second-order valence-electron chi connectivity index (χ2n) is 4.20. The Bertz CT molecular complexity index is 345. The lowest BCUT2D eigenvalue weighted by Gasteiger charge is -2.14. The summed E-state index contributed by atoms with van der Waals surface area (Å²) in [5.74, 6) is 2.12. The van der Waals surface area contributed by atoms with Crippen LogP contribution in [0.2, 0.25) is 0 Å². The molecule has 0 heterocycles. The molecule has 0 saturated heterocycles. The van der Waals surface area contributed by atoms with Crippen molar-refractivity contribution >= 4 is 0 Å². The van der Waals surface area contributed by atoms with E-state index in [-0.39, 0.29) is 0 Å². The third-order valence-electron chi connectivity index (χ3n) is 3.04. The van der Waals surface area contributed by atoms with E-state index in [1.54, 1.807) is 5.56 Å². The molecule has 0 unspecified atom stereocenters. The number of hydrogen-bond acceptors (Lipinski definition) is 0. The van der Waals surface area contributed by atoms with Crippen molar-refractivity contribution in [1.29, 1.82) is 0 Å². The maximum Gasteiger partial charge on any atom is 0.0233 e. The molecule has 0 atom stereocenters. The van der Waals surface area contributed by atoms with Gasteiger partial charge in [0.25, 0.3) is 0 Å². The van der Waals surface area contributed by atoms with E-state index in [4.69, 9.17) is 0 Å². The monoisotopic (exact) mass is 185 g/mol. The largest absolute Gasteiger partial charge is 0.102 e. The Kier molecular flexibility index (Phi) is 2.45. The average molecular weight is 185 g/mol. The van der Waals surface area contributed by atoms with Gasteiger partial charge in [0.1, 0.15) is 0 Å². The summed E-state index contributed by atoms with van der Waals surface area (Å²) < 4.78 is 0. The van der Waals surface area contributed by atoms with Crippen molar-refractivity contribution in [3.8, 4) is 0 Å². The van der Waals surface area contributed by atoms with Crippen LogP contribution in [-0.4, -0.2) is 0 Å². The van der Waals surface area contributed by atoms with Crippen molar-refractivity contribution in [2.45, 2.75) is 32.6 Å². The summed E-state index contributed by atoms with van der Waals surface area (Å²) in [4.78, 5) is 0. The first-order valence-electron chi connectivity index (χ1n) is 5.30. The fourth-order valence-electron chi connectivity index (χ4n) is 2.05. The average Bonchev–Trinajstić information content (AvgIpc) is 3.00. The van der Waals surface area contributed by atoms with Gasteiger partial charge in [-0.2, -0.15) is 0 Å². The molecule has 0 spiro atoms. The Morgan fingerprint density at radius 1 is 1.43 bits per heavy atom. The molecule has 1 radical (unpaired) electrons. The van der Waals surface area contributed by atoms with E-state index < -0.39 is 0 Å². The van der Waals surface area contributed by atoms with Crippen molar-refractivity contribution in [2.24, 2.45) is 0 Å². The molecule has 1 aromatic rings. The van der Waals surface area contributed by atoms with E-state index in [0.717, 1.165) is 5.92 Å². The highest BCUT2D eigenvalue weighted by Gasteiger charge is 2.28. The molecule has 1 fully saturated rings. The number of benzene rings is 1. The lowest BCUT2D eigenvalue weighted by molar-refractivity contribution is 1.05. The smallest absolute Gasteiger partial charge is 0.0233 e. The SMILES string of the molecule is C=C[C](C)c1cccc(C)c1C1CC1. The van der Waals surface area contributed by atoms with Crippen LogP contribution in [0.3, 0.4) is 0 Å². The fourth-order valence-corrected chi connectivity index (χ4v) is 2.05. The van der Waals surface area contributed by atoms with Gasteiger partial charge in [-0.05, 0) is 42.4 Å². The van der Waals surface area contributed by atoms with Crippen LogP contribution in [0.1, 0.15) is 42.4 Å². The fraction of sp³-hybridized carbons (Fsp3) is 0.357. The lowest BCUT2D eigenvalue weighted by atomic mass is 9.90. The van der Waals surface area contributed by atoms with E-state index in [1.165, 1.54) is 29.9 Å². The van der Waals surface area contributed by atoms with E-state index in [1.807, 2.05) is 6.08 Å². The van der Waals surface area contributed by atoms with Gasteiger partial charge in [-0.25, -0.2) is 0 Å². The Morgan fingerprint density at radius 3 is 2.71 bits per heavy atom. The molecule has 1 aromatic carbocycles. The molecule has 0 N–H and O–H groups in total. The van der Waals surface area contributed by atoms with Gasteiger partial charge in [0, 0.05) is 5.92 Å². The number of hydrogen-bond donors (Lipinski definition) is 0. The highest BCUT2D eigenvalue weighted by molar-refractivity contribution is 5.48. The van der Waals surface area contributed by atoms with Gasteiger partial charge in [-0.1, -0.05) is 31.2 Å². The molecule has 1 aliphatic carbocycles. The summed E-state index contributed by atoms with van der Waals surface area (Å²) in [6.07, 6.45) is 4.69. The van der Waals surface area contributed by atoms with Crippen molar-refractivity contribution in [1.82, 2.24) is 0 Å². The van der Waals surface area contributed by atoms with Crippen LogP contribution in [0.25, 0.3) is 0 Å². The van der Waals surface area contributed by atoms with Gasteiger partial charge >= 0.3 is 0 Å². The topological polar surface area (TPSA) is 0 Å². The number of rotatable bonds is 3. The summed E-state index contributed by atoms with van der Waals surface area (Å²) in [6, 6.07) is 6.58. The van der Waals surface area contributed by atoms with Crippen molar-refractivity contribution < 1.29 is 0 Å². The first kappa shape index (κ1) is 9.51. The van der Waals surface area contributed by atoms with Crippen LogP contribution >= 0.6 is 0 Å². The third-order valence-corrected chi connectivity index (χ3v) is 3.04. The van der Waals surface area contributed by atoms with Crippen LogP contribution in [-0.2, 0) is 0 Å². The van der Waals surface area contributed by atoms with E-state index in [9.17, 15) is 0 Å². The molecule has 1 saturated carbocycles. The highest BCUT2D eigenvalue weighted by Crippen LogP contribution is 2.44. The van der Waals surface area contributed by atoms with E-state index >= 15 is 0 Å². The molecule has 0 aromatic heterocycles. The van der Waals surface area contributed by atoms with Gasteiger partial charge in [0.2, 0.25) is 0 Å². The van der Waals surface area contributed by atoms with Gasteiger partial charge in [0.05, 0.1) is 0 Å². The summed E-state index contributed by atoms with van der Waals surface area (Å²) >= 11 is 0. The van der Waals surface area contributed by atoms with Gasteiger partial charge in [0.15, 0.2) is 0 Å². The summed E-state index contributed by atoms with van der Waals surface area (Å²) in [5.41, 5.74) is 4.40. The van der Waals surface area contributed by atoms with E-state index in [2.05, 4.69) is 38.6 Å². The molecule has 2 rings (SSSR count). The molecule has 1 aliphatic rings. The molecule has 73 valence electrons. The van der Waals surface area contributed by atoms with Gasteiger partial charge < -0.3 is 0 Å². The first-order valence-corrected chi connectivity index (χ1v) is 5.30.